The van der Waals surface area contributed by atoms with Gasteiger partial charge in [-0.05, 0) is 43.2 Å². The van der Waals surface area contributed by atoms with E-state index in [1.54, 1.807) is 18.4 Å². The van der Waals surface area contributed by atoms with Crippen molar-refractivity contribution in [1.29, 1.82) is 0 Å². The van der Waals surface area contributed by atoms with Gasteiger partial charge in [-0.3, -0.25) is 4.79 Å². The fourth-order valence-electron chi connectivity index (χ4n) is 2.25. The highest BCUT2D eigenvalue weighted by atomic mass is 16.3. The minimum Gasteiger partial charge on any atom is -0.467 e. The summed E-state index contributed by atoms with van der Waals surface area (Å²) in [5.41, 5.74) is 1.60. The predicted octanol–water partition coefficient (Wildman–Crippen LogP) is 2.67. The Balaban J connectivity index is 1.95. The van der Waals surface area contributed by atoms with Crippen molar-refractivity contribution in [2.24, 2.45) is 4.99 Å². The molecule has 1 heterocycles. The minimum absolute atomic E-state index is 0.127. The summed E-state index contributed by atoms with van der Waals surface area (Å²) in [5.74, 6) is 1.39. The molecule has 0 fully saturated rings. The molecular weight excluding hydrogens is 316 g/mol. The summed E-state index contributed by atoms with van der Waals surface area (Å²) in [6, 6.07) is 11.1. The average molecular weight is 342 g/mol. The van der Waals surface area contributed by atoms with Gasteiger partial charge in [-0.2, -0.15) is 0 Å². The maximum absolute atomic E-state index is 12.3. The van der Waals surface area contributed by atoms with Gasteiger partial charge in [-0.1, -0.05) is 19.1 Å². The standard InChI is InChI=1S/C19H26N4O2/c1-3-10-21-19(20-4-2)23-13-15-7-5-8-16(12-15)18(24)22-14-17-9-6-11-25-17/h5-9,11-12H,3-4,10,13-14H2,1-2H3,(H,22,24)(H2,20,21,23). The average Bonchev–Trinajstić information content (AvgIpc) is 3.16. The number of rotatable bonds is 8. The van der Waals surface area contributed by atoms with Crippen molar-refractivity contribution in [1.82, 2.24) is 16.0 Å². The first kappa shape index (κ1) is 18.6. The highest BCUT2D eigenvalue weighted by Crippen LogP contribution is 2.07. The summed E-state index contributed by atoms with van der Waals surface area (Å²) in [6.07, 6.45) is 2.63. The zero-order valence-corrected chi connectivity index (χ0v) is 14.8. The van der Waals surface area contributed by atoms with Gasteiger partial charge in [0.2, 0.25) is 0 Å². The molecule has 0 spiro atoms. The number of aliphatic imine (C=N–C) groups is 1. The van der Waals surface area contributed by atoms with Crippen LogP contribution in [0.1, 0.15) is 41.9 Å². The summed E-state index contributed by atoms with van der Waals surface area (Å²) >= 11 is 0. The number of carbonyl (C=O) groups excluding carboxylic acids is 1. The molecule has 1 aromatic heterocycles. The summed E-state index contributed by atoms with van der Waals surface area (Å²) in [6.45, 7) is 6.72. The molecule has 0 aliphatic heterocycles. The predicted molar refractivity (Wildman–Crippen MR) is 99.4 cm³/mol. The third-order valence-electron chi connectivity index (χ3n) is 3.50. The molecule has 0 saturated carbocycles. The van der Waals surface area contributed by atoms with Crippen LogP contribution in [0.4, 0.5) is 0 Å². The number of benzene rings is 1. The van der Waals surface area contributed by atoms with Gasteiger partial charge in [0, 0.05) is 18.7 Å². The Hall–Kier alpha value is -2.76. The van der Waals surface area contributed by atoms with Crippen molar-refractivity contribution in [3.63, 3.8) is 0 Å². The molecule has 0 atom stereocenters. The van der Waals surface area contributed by atoms with Crippen LogP contribution in [0.3, 0.4) is 0 Å². The van der Waals surface area contributed by atoms with Crippen LogP contribution in [0.25, 0.3) is 0 Å². The van der Waals surface area contributed by atoms with Crippen LogP contribution in [-0.2, 0) is 13.1 Å². The zero-order valence-electron chi connectivity index (χ0n) is 14.8. The lowest BCUT2D eigenvalue weighted by Crippen LogP contribution is -2.37. The molecule has 0 radical (unpaired) electrons. The van der Waals surface area contributed by atoms with Crippen LogP contribution in [0, 0.1) is 0 Å². The van der Waals surface area contributed by atoms with E-state index in [0.29, 0.717) is 18.7 Å². The molecule has 0 saturated heterocycles. The summed E-state index contributed by atoms with van der Waals surface area (Å²) in [5, 5.41) is 9.32. The first-order chi connectivity index (χ1) is 12.2. The molecule has 3 N–H and O–H groups in total. The van der Waals surface area contributed by atoms with E-state index in [4.69, 9.17) is 4.42 Å². The van der Waals surface area contributed by atoms with Crippen molar-refractivity contribution < 1.29 is 9.21 Å². The minimum atomic E-state index is -0.127. The van der Waals surface area contributed by atoms with Crippen molar-refractivity contribution in [2.45, 2.75) is 33.4 Å². The monoisotopic (exact) mass is 342 g/mol. The van der Waals surface area contributed by atoms with Gasteiger partial charge in [-0.25, -0.2) is 4.99 Å². The number of carbonyl (C=O) groups is 1. The van der Waals surface area contributed by atoms with Gasteiger partial charge in [0.15, 0.2) is 5.96 Å². The molecule has 2 aromatic rings. The number of hydrogen-bond donors (Lipinski definition) is 3. The maximum Gasteiger partial charge on any atom is 0.251 e. The van der Waals surface area contributed by atoms with E-state index >= 15 is 0 Å². The van der Waals surface area contributed by atoms with Gasteiger partial charge < -0.3 is 20.4 Å². The van der Waals surface area contributed by atoms with Crippen LogP contribution >= 0.6 is 0 Å². The molecule has 6 heteroatoms. The SMILES string of the molecule is CCCNC(=NCc1cccc(C(=O)NCc2ccco2)c1)NCC. The van der Waals surface area contributed by atoms with Gasteiger partial charge >= 0.3 is 0 Å². The Labute approximate surface area is 148 Å². The van der Waals surface area contributed by atoms with Crippen molar-refractivity contribution in [3.8, 4) is 0 Å². The van der Waals surface area contributed by atoms with Gasteiger partial charge in [0.25, 0.3) is 5.91 Å². The molecular formula is C19H26N4O2. The second kappa shape index (κ2) is 10.2. The molecule has 0 aliphatic rings. The summed E-state index contributed by atoms with van der Waals surface area (Å²) in [4.78, 5) is 16.8. The molecule has 25 heavy (non-hydrogen) atoms. The smallest absolute Gasteiger partial charge is 0.251 e. The normalized spacial score (nSPS) is 11.2. The van der Waals surface area contributed by atoms with Crippen LogP contribution in [-0.4, -0.2) is 25.0 Å². The molecule has 6 nitrogen and oxygen atoms in total. The van der Waals surface area contributed by atoms with Crippen molar-refractivity contribution in [2.75, 3.05) is 13.1 Å². The highest BCUT2D eigenvalue weighted by molar-refractivity contribution is 5.94. The van der Waals surface area contributed by atoms with E-state index in [1.807, 2.05) is 31.2 Å². The maximum atomic E-state index is 12.3. The molecule has 0 aliphatic carbocycles. The lowest BCUT2D eigenvalue weighted by atomic mass is 10.1. The topological polar surface area (TPSA) is 78.7 Å². The van der Waals surface area contributed by atoms with E-state index < -0.39 is 0 Å². The largest absolute Gasteiger partial charge is 0.467 e. The first-order valence-electron chi connectivity index (χ1n) is 8.64. The molecule has 0 unspecified atom stereocenters. The molecule has 1 amide bonds. The number of amides is 1. The first-order valence-corrected chi connectivity index (χ1v) is 8.64. The van der Waals surface area contributed by atoms with Crippen molar-refractivity contribution in [3.05, 3.63) is 59.5 Å². The second-order valence-corrected chi connectivity index (χ2v) is 5.58. The fourth-order valence-corrected chi connectivity index (χ4v) is 2.25. The molecule has 134 valence electrons. The van der Waals surface area contributed by atoms with E-state index in [9.17, 15) is 4.79 Å². The highest BCUT2D eigenvalue weighted by Gasteiger charge is 2.07. The van der Waals surface area contributed by atoms with Crippen LogP contribution in [0.5, 0.6) is 0 Å². The van der Waals surface area contributed by atoms with E-state index in [1.165, 1.54) is 0 Å². The van der Waals surface area contributed by atoms with Crippen LogP contribution in [0.15, 0.2) is 52.1 Å². The quantitative estimate of drug-likeness (QED) is 0.509. The second-order valence-electron chi connectivity index (χ2n) is 5.58. The Morgan fingerprint density at radius 2 is 2.00 bits per heavy atom. The lowest BCUT2D eigenvalue weighted by molar-refractivity contribution is 0.0948. The molecule has 0 bridgehead atoms. The van der Waals surface area contributed by atoms with Gasteiger partial charge in [0.1, 0.15) is 5.76 Å². The lowest BCUT2D eigenvalue weighted by Gasteiger charge is -2.10. The number of hydrogen-bond acceptors (Lipinski definition) is 3. The Kier molecular flexibility index (Phi) is 7.56. The summed E-state index contributed by atoms with van der Waals surface area (Å²) in [7, 11) is 0. The van der Waals surface area contributed by atoms with Crippen LogP contribution < -0.4 is 16.0 Å². The van der Waals surface area contributed by atoms with E-state index in [0.717, 1.165) is 36.8 Å². The number of nitrogens with one attached hydrogen (secondary N) is 3. The number of furan rings is 1. The Morgan fingerprint density at radius 3 is 2.72 bits per heavy atom. The third-order valence-corrected chi connectivity index (χ3v) is 3.50. The van der Waals surface area contributed by atoms with Crippen molar-refractivity contribution >= 4 is 11.9 Å². The van der Waals surface area contributed by atoms with Gasteiger partial charge in [-0.15, -0.1) is 0 Å². The van der Waals surface area contributed by atoms with Gasteiger partial charge in [0.05, 0.1) is 19.4 Å². The Morgan fingerprint density at radius 1 is 1.12 bits per heavy atom. The van der Waals surface area contributed by atoms with E-state index in [2.05, 4.69) is 27.9 Å². The number of guanidine groups is 1. The Bertz CT molecular complexity index is 680. The summed E-state index contributed by atoms with van der Waals surface area (Å²) < 4.78 is 5.22. The van der Waals surface area contributed by atoms with Crippen LogP contribution in [0.2, 0.25) is 0 Å². The van der Waals surface area contributed by atoms with E-state index in [-0.39, 0.29) is 5.91 Å². The fraction of sp³-hybridized carbons (Fsp3) is 0.368. The number of nitrogens with zero attached hydrogens (tertiary/aromatic N) is 1. The zero-order chi connectivity index (χ0) is 17.9. The molecule has 1 aromatic carbocycles. The third kappa shape index (κ3) is 6.33. The molecule has 2 rings (SSSR count).